The fourth-order valence-corrected chi connectivity index (χ4v) is 2.50. The largest absolute Gasteiger partial charge is 0.434 e. The Morgan fingerprint density at radius 2 is 2.05 bits per heavy atom. The van der Waals surface area contributed by atoms with Crippen LogP contribution in [0.4, 0.5) is 8.78 Å². The molecule has 8 heteroatoms. The van der Waals surface area contributed by atoms with Crippen LogP contribution in [0.1, 0.15) is 19.5 Å². The predicted octanol–water partition coefficient (Wildman–Crippen LogP) is 4.44. The highest BCUT2D eigenvalue weighted by Gasteiger charge is 2.21. The molecule has 0 aliphatic rings. The smallest absolute Gasteiger partial charge is 0.387 e. The Morgan fingerprint density at radius 1 is 1.33 bits per heavy atom. The number of hydrogen-bond donors (Lipinski definition) is 0. The number of ether oxygens (including phenoxy) is 1. The second-order valence-corrected chi connectivity index (χ2v) is 4.93. The SMILES string of the molecule is CCc1nn(CC)c(-c2cnc(Cl)cc2OC(F)F)c1Cl. The average Bonchev–Trinajstić information content (AvgIpc) is 2.75. The zero-order valence-corrected chi connectivity index (χ0v) is 12.9. The number of aromatic nitrogens is 3. The van der Waals surface area contributed by atoms with Gasteiger partial charge in [-0.1, -0.05) is 30.1 Å². The minimum absolute atomic E-state index is 0.0591. The third-order valence-corrected chi connectivity index (χ3v) is 3.50. The van der Waals surface area contributed by atoms with Crippen molar-refractivity contribution in [1.29, 1.82) is 0 Å². The molecule has 2 aromatic rings. The Labute approximate surface area is 130 Å². The lowest BCUT2D eigenvalue weighted by Crippen LogP contribution is -2.06. The summed E-state index contributed by atoms with van der Waals surface area (Å²) < 4.78 is 31.3. The number of halogens is 4. The number of hydrogen-bond acceptors (Lipinski definition) is 3. The van der Waals surface area contributed by atoms with Crippen LogP contribution in [-0.4, -0.2) is 21.4 Å². The number of alkyl halides is 2. The molecule has 0 radical (unpaired) electrons. The van der Waals surface area contributed by atoms with E-state index in [-0.39, 0.29) is 10.9 Å². The van der Waals surface area contributed by atoms with E-state index in [9.17, 15) is 8.78 Å². The summed E-state index contributed by atoms with van der Waals surface area (Å²) in [5.74, 6) is -0.0795. The molecule has 0 aliphatic heterocycles. The van der Waals surface area contributed by atoms with Gasteiger partial charge in [0.25, 0.3) is 0 Å². The standard InChI is InChI=1S/C13H13Cl2F2N3O/c1-3-8-11(15)12(20(4-2)19-8)7-6-18-10(14)5-9(7)21-13(16)17/h5-6,13H,3-4H2,1-2H3. The molecule has 0 aliphatic carbocycles. The monoisotopic (exact) mass is 335 g/mol. The van der Waals surface area contributed by atoms with Crippen molar-refractivity contribution in [3.63, 3.8) is 0 Å². The number of pyridine rings is 1. The van der Waals surface area contributed by atoms with Gasteiger partial charge in [0.15, 0.2) is 0 Å². The van der Waals surface area contributed by atoms with E-state index >= 15 is 0 Å². The van der Waals surface area contributed by atoms with E-state index in [0.29, 0.717) is 34.9 Å². The fraction of sp³-hybridized carbons (Fsp3) is 0.385. The summed E-state index contributed by atoms with van der Waals surface area (Å²) in [6.07, 6.45) is 1.99. The van der Waals surface area contributed by atoms with Crippen LogP contribution >= 0.6 is 23.2 Å². The van der Waals surface area contributed by atoms with Gasteiger partial charge >= 0.3 is 6.61 Å². The molecule has 0 atom stereocenters. The van der Waals surface area contributed by atoms with E-state index in [1.807, 2.05) is 13.8 Å². The van der Waals surface area contributed by atoms with E-state index in [1.165, 1.54) is 12.3 Å². The molecule has 0 saturated heterocycles. The molecule has 2 heterocycles. The molecule has 0 fully saturated rings. The summed E-state index contributed by atoms with van der Waals surface area (Å²) in [6, 6.07) is 1.23. The zero-order chi connectivity index (χ0) is 15.6. The normalized spacial score (nSPS) is 11.2. The Morgan fingerprint density at radius 3 is 2.62 bits per heavy atom. The molecule has 2 rings (SSSR count). The summed E-state index contributed by atoms with van der Waals surface area (Å²) in [4.78, 5) is 3.92. The van der Waals surface area contributed by atoms with Gasteiger partial charge in [0.2, 0.25) is 0 Å². The Bertz CT molecular complexity index is 647. The van der Waals surface area contributed by atoms with Gasteiger partial charge in [0, 0.05) is 18.8 Å². The molecule has 0 saturated carbocycles. The maximum atomic E-state index is 12.6. The van der Waals surface area contributed by atoms with Crippen LogP contribution in [0.5, 0.6) is 5.75 Å². The number of rotatable bonds is 5. The third-order valence-electron chi connectivity index (χ3n) is 2.90. The van der Waals surface area contributed by atoms with Crippen molar-refractivity contribution in [2.45, 2.75) is 33.4 Å². The van der Waals surface area contributed by atoms with E-state index in [0.717, 1.165) is 0 Å². The van der Waals surface area contributed by atoms with Crippen molar-refractivity contribution in [3.05, 3.63) is 28.1 Å². The van der Waals surface area contributed by atoms with Crippen molar-refractivity contribution >= 4 is 23.2 Å². The molecule has 0 bridgehead atoms. The van der Waals surface area contributed by atoms with Crippen LogP contribution < -0.4 is 4.74 Å². The molecule has 0 amide bonds. The lowest BCUT2D eigenvalue weighted by atomic mass is 10.1. The number of aryl methyl sites for hydroxylation is 2. The van der Waals surface area contributed by atoms with Crippen LogP contribution in [0.3, 0.4) is 0 Å². The van der Waals surface area contributed by atoms with Crippen molar-refractivity contribution in [2.24, 2.45) is 0 Å². The van der Waals surface area contributed by atoms with Crippen LogP contribution in [0.2, 0.25) is 10.2 Å². The van der Waals surface area contributed by atoms with E-state index in [2.05, 4.69) is 14.8 Å². The Kier molecular flexibility index (Phi) is 5.00. The van der Waals surface area contributed by atoms with Gasteiger partial charge in [0.05, 0.1) is 22.0 Å². The topological polar surface area (TPSA) is 39.9 Å². The second kappa shape index (κ2) is 6.58. The van der Waals surface area contributed by atoms with Crippen LogP contribution in [0.25, 0.3) is 11.3 Å². The quantitative estimate of drug-likeness (QED) is 0.758. The van der Waals surface area contributed by atoms with Crippen LogP contribution in [-0.2, 0) is 13.0 Å². The van der Waals surface area contributed by atoms with Crippen molar-refractivity contribution in [3.8, 4) is 17.0 Å². The first-order valence-corrected chi connectivity index (χ1v) is 7.09. The summed E-state index contributed by atoms with van der Waals surface area (Å²) >= 11 is 12.0. The average molecular weight is 336 g/mol. The highest BCUT2D eigenvalue weighted by molar-refractivity contribution is 6.34. The molecule has 0 spiro atoms. The maximum absolute atomic E-state index is 12.6. The third kappa shape index (κ3) is 3.27. The first-order valence-electron chi connectivity index (χ1n) is 6.33. The molecule has 0 N–H and O–H groups in total. The first-order chi connectivity index (χ1) is 9.97. The Hall–Kier alpha value is -1.40. The van der Waals surface area contributed by atoms with Gasteiger partial charge in [-0.25, -0.2) is 4.98 Å². The molecule has 0 unspecified atom stereocenters. The lowest BCUT2D eigenvalue weighted by Gasteiger charge is -2.12. The molecule has 21 heavy (non-hydrogen) atoms. The van der Waals surface area contributed by atoms with Gasteiger partial charge in [-0.3, -0.25) is 4.68 Å². The van der Waals surface area contributed by atoms with E-state index < -0.39 is 6.61 Å². The molecule has 4 nitrogen and oxygen atoms in total. The predicted molar refractivity (Wildman–Crippen MR) is 77.2 cm³/mol. The van der Waals surface area contributed by atoms with Crippen LogP contribution in [0, 0.1) is 0 Å². The number of nitrogens with zero attached hydrogens (tertiary/aromatic N) is 3. The minimum atomic E-state index is -2.97. The van der Waals surface area contributed by atoms with Gasteiger partial charge in [-0.05, 0) is 13.3 Å². The van der Waals surface area contributed by atoms with E-state index in [4.69, 9.17) is 23.2 Å². The lowest BCUT2D eigenvalue weighted by molar-refractivity contribution is -0.0495. The van der Waals surface area contributed by atoms with Gasteiger partial charge in [-0.15, -0.1) is 0 Å². The highest BCUT2D eigenvalue weighted by atomic mass is 35.5. The fourth-order valence-electron chi connectivity index (χ4n) is 1.99. The highest BCUT2D eigenvalue weighted by Crippen LogP contribution is 2.38. The van der Waals surface area contributed by atoms with Crippen molar-refractivity contribution in [2.75, 3.05) is 0 Å². The summed E-state index contributed by atoms with van der Waals surface area (Å²) in [7, 11) is 0. The summed E-state index contributed by atoms with van der Waals surface area (Å²) in [5.41, 5.74) is 1.51. The summed E-state index contributed by atoms with van der Waals surface area (Å²) in [6.45, 7) is 1.36. The van der Waals surface area contributed by atoms with Gasteiger partial charge < -0.3 is 4.74 Å². The molecule has 114 valence electrons. The van der Waals surface area contributed by atoms with Crippen molar-refractivity contribution < 1.29 is 13.5 Å². The van der Waals surface area contributed by atoms with Gasteiger partial charge in [0.1, 0.15) is 10.9 Å². The molecule has 2 aromatic heterocycles. The summed E-state index contributed by atoms with van der Waals surface area (Å²) in [5, 5.41) is 4.81. The van der Waals surface area contributed by atoms with Crippen LogP contribution in [0.15, 0.2) is 12.3 Å². The molecular formula is C13H13Cl2F2N3O. The zero-order valence-electron chi connectivity index (χ0n) is 11.4. The van der Waals surface area contributed by atoms with E-state index in [1.54, 1.807) is 4.68 Å². The van der Waals surface area contributed by atoms with Gasteiger partial charge in [-0.2, -0.15) is 13.9 Å². The molecule has 0 aromatic carbocycles. The first kappa shape index (κ1) is 16.0. The second-order valence-electron chi connectivity index (χ2n) is 4.16. The minimum Gasteiger partial charge on any atom is -0.434 e. The Balaban J connectivity index is 2.63. The van der Waals surface area contributed by atoms with Crippen molar-refractivity contribution in [1.82, 2.24) is 14.8 Å². The molecular weight excluding hydrogens is 323 g/mol. The maximum Gasteiger partial charge on any atom is 0.387 e.